The molecule has 0 amide bonds. The fourth-order valence-corrected chi connectivity index (χ4v) is 5.50. The summed E-state index contributed by atoms with van der Waals surface area (Å²) in [5.41, 5.74) is 2.33. The third-order valence-corrected chi connectivity index (χ3v) is 7.34. The molecule has 5 atom stereocenters. The van der Waals surface area contributed by atoms with Crippen molar-refractivity contribution in [2.45, 2.75) is 79.8 Å². The van der Waals surface area contributed by atoms with Gasteiger partial charge in [-0.15, -0.1) is 0 Å². The Kier molecular flexibility index (Phi) is 6.04. The van der Waals surface area contributed by atoms with E-state index in [0.29, 0.717) is 5.92 Å². The lowest BCUT2D eigenvalue weighted by atomic mass is 9.46. The molecule has 1 saturated carbocycles. The Morgan fingerprint density at radius 2 is 2.00 bits per heavy atom. The number of fused-ring (bicyclic) bond motifs is 1. The van der Waals surface area contributed by atoms with Gasteiger partial charge in [0.2, 0.25) is 0 Å². The molecule has 1 N–H and O–H groups in total. The van der Waals surface area contributed by atoms with Gasteiger partial charge in [0.1, 0.15) is 6.10 Å². The predicted octanol–water partition coefficient (Wildman–Crippen LogP) is 5.14. The number of hydrogen-bond donors (Lipinski definition) is 1. The minimum absolute atomic E-state index is 0.00373. The number of rotatable bonds is 5. The maximum Gasteiger partial charge on any atom is 0.328 e. The zero-order valence-electron chi connectivity index (χ0n) is 17.1. The summed E-state index contributed by atoms with van der Waals surface area (Å²) in [6.07, 6.45) is 8.34. The summed E-state index contributed by atoms with van der Waals surface area (Å²) in [4.78, 5) is 22.6. The van der Waals surface area contributed by atoms with Crippen molar-refractivity contribution in [1.29, 1.82) is 0 Å². The van der Waals surface area contributed by atoms with Crippen LogP contribution in [0.4, 0.5) is 0 Å². The van der Waals surface area contributed by atoms with Gasteiger partial charge in [0.15, 0.2) is 0 Å². The monoisotopic (exact) mass is 362 g/mol. The van der Waals surface area contributed by atoms with Crippen LogP contribution in [0.1, 0.15) is 73.6 Å². The van der Waals surface area contributed by atoms with E-state index in [1.54, 1.807) is 0 Å². The Hall–Kier alpha value is -1.58. The molecular weight excluding hydrogens is 328 g/mol. The van der Waals surface area contributed by atoms with Crippen LogP contribution >= 0.6 is 0 Å². The van der Waals surface area contributed by atoms with Gasteiger partial charge in [-0.25, -0.2) is 4.79 Å². The zero-order chi connectivity index (χ0) is 19.7. The molecule has 4 heteroatoms. The number of esters is 1. The van der Waals surface area contributed by atoms with Crippen LogP contribution in [-0.4, -0.2) is 23.1 Å². The van der Waals surface area contributed by atoms with Gasteiger partial charge in [-0.1, -0.05) is 38.0 Å². The number of aliphatic carboxylic acids is 1. The zero-order valence-corrected chi connectivity index (χ0v) is 17.1. The van der Waals surface area contributed by atoms with Gasteiger partial charge in [0.25, 0.3) is 0 Å². The molecule has 0 aliphatic heterocycles. The van der Waals surface area contributed by atoms with E-state index < -0.39 is 5.97 Å². The summed E-state index contributed by atoms with van der Waals surface area (Å²) in [7, 11) is 0. The van der Waals surface area contributed by atoms with Crippen molar-refractivity contribution in [3.8, 4) is 0 Å². The molecule has 0 spiro atoms. The molecule has 2 aliphatic rings. The van der Waals surface area contributed by atoms with E-state index in [-0.39, 0.29) is 28.8 Å². The molecule has 0 saturated heterocycles. The van der Waals surface area contributed by atoms with Crippen LogP contribution in [-0.2, 0) is 14.3 Å². The van der Waals surface area contributed by atoms with Crippen molar-refractivity contribution in [2.24, 2.45) is 22.7 Å². The summed E-state index contributed by atoms with van der Waals surface area (Å²) >= 11 is 0. The van der Waals surface area contributed by atoms with E-state index in [9.17, 15) is 9.59 Å². The molecular formula is C22H34O4. The summed E-state index contributed by atoms with van der Waals surface area (Å²) in [5.74, 6) is -0.346. The van der Waals surface area contributed by atoms with Crippen molar-refractivity contribution in [2.75, 3.05) is 0 Å². The van der Waals surface area contributed by atoms with Crippen LogP contribution < -0.4 is 0 Å². The van der Waals surface area contributed by atoms with Crippen LogP contribution in [0.15, 0.2) is 23.3 Å². The number of carboxylic acids is 1. The van der Waals surface area contributed by atoms with Crippen LogP contribution in [0.5, 0.6) is 0 Å². The molecule has 1 fully saturated rings. The highest BCUT2D eigenvalue weighted by atomic mass is 16.5. The molecule has 2 aliphatic carbocycles. The van der Waals surface area contributed by atoms with Crippen LogP contribution in [0.3, 0.4) is 0 Å². The second-order valence-electron chi connectivity index (χ2n) is 8.91. The Labute approximate surface area is 157 Å². The Morgan fingerprint density at radius 1 is 1.35 bits per heavy atom. The third-order valence-electron chi connectivity index (χ3n) is 7.34. The predicted molar refractivity (Wildman–Crippen MR) is 103 cm³/mol. The first kappa shape index (κ1) is 20.7. The number of hydrogen-bond acceptors (Lipinski definition) is 3. The molecule has 0 aromatic heterocycles. The molecule has 0 bridgehead atoms. The molecule has 146 valence electrons. The smallest absolute Gasteiger partial charge is 0.328 e. The minimum atomic E-state index is -0.886. The van der Waals surface area contributed by atoms with E-state index in [1.165, 1.54) is 18.6 Å². The first-order valence-corrected chi connectivity index (χ1v) is 9.75. The van der Waals surface area contributed by atoms with Gasteiger partial charge in [-0.2, -0.15) is 0 Å². The van der Waals surface area contributed by atoms with Gasteiger partial charge < -0.3 is 9.84 Å². The Balaban J connectivity index is 2.37. The average molecular weight is 363 g/mol. The van der Waals surface area contributed by atoms with Gasteiger partial charge in [0.05, 0.1) is 0 Å². The number of allylic oxidation sites excluding steroid dienone is 3. The maximum absolute atomic E-state index is 11.7. The number of ether oxygens (including phenoxy) is 1. The molecule has 0 unspecified atom stereocenters. The van der Waals surface area contributed by atoms with Crippen LogP contribution in [0.25, 0.3) is 0 Å². The van der Waals surface area contributed by atoms with Crippen molar-refractivity contribution >= 4 is 11.9 Å². The number of carbonyl (C=O) groups is 2. The second-order valence-corrected chi connectivity index (χ2v) is 8.91. The van der Waals surface area contributed by atoms with E-state index in [1.807, 2.05) is 6.92 Å². The normalized spacial score (nSPS) is 37.5. The Bertz CT molecular complexity index is 632. The first-order chi connectivity index (χ1) is 12.0. The van der Waals surface area contributed by atoms with Crippen molar-refractivity contribution in [3.05, 3.63) is 23.3 Å². The molecule has 4 nitrogen and oxygen atoms in total. The van der Waals surface area contributed by atoms with Gasteiger partial charge in [0, 0.05) is 13.0 Å². The highest BCUT2D eigenvalue weighted by Crippen LogP contribution is 2.62. The lowest BCUT2D eigenvalue weighted by molar-refractivity contribution is -0.169. The maximum atomic E-state index is 11.7. The fraction of sp³-hybridized carbons (Fsp3) is 0.727. The summed E-state index contributed by atoms with van der Waals surface area (Å²) < 4.78 is 5.76. The third kappa shape index (κ3) is 3.89. The summed E-state index contributed by atoms with van der Waals surface area (Å²) in [5, 5.41) is 9.00. The van der Waals surface area contributed by atoms with Crippen molar-refractivity contribution in [1.82, 2.24) is 0 Å². The Morgan fingerprint density at radius 3 is 2.58 bits per heavy atom. The number of carbonyl (C=O) groups excluding carboxylic acids is 1. The molecule has 0 radical (unpaired) electrons. The molecule has 26 heavy (non-hydrogen) atoms. The molecule has 0 heterocycles. The first-order valence-electron chi connectivity index (χ1n) is 9.75. The highest BCUT2D eigenvalue weighted by molar-refractivity contribution is 5.80. The summed E-state index contributed by atoms with van der Waals surface area (Å²) in [6.45, 7) is 12.4. The highest BCUT2D eigenvalue weighted by Gasteiger charge is 2.57. The van der Waals surface area contributed by atoms with Crippen LogP contribution in [0, 0.1) is 22.7 Å². The lowest BCUT2D eigenvalue weighted by Gasteiger charge is -2.60. The largest absolute Gasteiger partial charge is 0.478 e. The summed E-state index contributed by atoms with van der Waals surface area (Å²) in [6, 6.07) is 0. The van der Waals surface area contributed by atoms with Crippen molar-refractivity contribution in [3.63, 3.8) is 0 Å². The lowest BCUT2D eigenvalue weighted by Crippen LogP contribution is -2.55. The SMILES string of the molecule is CC(=O)O[C@H]1C[C@@]2(C)C(C)=CCC[C@@H]2[C@@](C)(CCC(C)=CC(=O)O)[C@@H]1C. The molecule has 2 rings (SSSR count). The van der Waals surface area contributed by atoms with E-state index >= 15 is 0 Å². The van der Waals surface area contributed by atoms with Crippen LogP contribution in [0.2, 0.25) is 0 Å². The van der Waals surface area contributed by atoms with Gasteiger partial charge >= 0.3 is 11.9 Å². The quantitative estimate of drug-likeness (QED) is 0.418. The van der Waals surface area contributed by atoms with Crippen molar-refractivity contribution < 1.29 is 19.4 Å². The number of carboxylic acid groups (broad SMARTS) is 1. The molecule has 0 aromatic carbocycles. The van der Waals surface area contributed by atoms with E-state index in [0.717, 1.165) is 37.7 Å². The fourth-order valence-electron chi connectivity index (χ4n) is 5.50. The minimum Gasteiger partial charge on any atom is -0.478 e. The molecule has 0 aromatic rings. The van der Waals surface area contributed by atoms with E-state index in [2.05, 4.69) is 33.8 Å². The van der Waals surface area contributed by atoms with Gasteiger partial charge in [-0.05, 0) is 68.6 Å². The average Bonchev–Trinajstić information content (AvgIpc) is 2.52. The standard InChI is InChI=1S/C22H34O4/c1-14(12-20(24)25)10-11-21(5)16(3)18(26-17(4)23)13-22(6)15(2)8-7-9-19(21)22/h8,12,16,18-19H,7,9-11,13H2,1-6H3,(H,24,25)/t16-,18+,19-,21+,22+/m1/s1. The van der Waals surface area contributed by atoms with E-state index in [4.69, 9.17) is 9.84 Å². The second kappa shape index (κ2) is 7.58. The topological polar surface area (TPSA) is 63.6 Å². The van der Waals surface area contributed by atoms with Gasteiger partial charge in [-0.3, -0.25) is 4.79 Å².